The molecule has 398 valence electrons. The number of para-hydroxylation sites is 4. The van der Waals surface area contributed by atoms with Gasteiger partial charge in [0.25, 0.3) is 0 Å². The molecule has 0 aliphatic rings. The van der Waals surface area contributed by atoms with Crippen LogP contribution in [-0.4, -0.2) is 27.8 Å². The van der Waals surface area contributed by atoms with Gasteiger partial charge in [0.1, 0.15) is 33.4 Å². The quantitative estimate of drug-likeness (QED) is 0.127. The lowest BCUT2D eigenvalue weighted by Gasteiger charge is -2.31. The molecule has 0 aliphatic carbocycles. The number of hydrogen-bond acceptors (Lipinski definition) is 7. The first-order valence-corrected chi connectivity index (χ1v) is 29.3. The van der Waals surface area contributed by atoms with E-state index < -0.39 is 0 Å². The number of fused-ring (bicyclic) bond motifs is 10. The highest BCUT2D eigenvalue weighted by molar-refractivity contribution is 7.00. The second kappa shape index (κ2) is 19.7. The molecule has 0 N–H and O–H groups in total. The number of benzene rings is 13. The van der Waals surface area contributed by atoms with Crippen LogP contribution in [0.2, 0.25) is 0 Å². The average Bonchev–Trinajstić information content (AvgIpc) is 2.24. The molecule has 0 saturated carbocycles. The number of rotatable bonds is 10. The van der Waals surface area contributed by atoms with Crippen molar-refractivity contribution in [1.82, 2.24) is 27.8 Å². The molecule has 0 aliphatic heterocycles. The molecule has 17 rings (SSSR count). The van der Waals surface area contributed by atoms with Crippen LogP contribution in [0.4, 0.5) is 34.1 Å². The molecular weight excluding hydrogens is 1060 g/mol. The van der Waals surface area contributed by atoms with E-state index in [1.54, 1.807) is 0 Å². The maximum atomic E-state index is 6.05. The van der Waals surface area contributed by atoms with Gasteiger partial charge in [-0.15, -0.1) is 0 Å². The minimum atomic E-state index is 0.668. The van der Waals surface area contributed by atoms with Crippen molar-refractivity contribution in [2.24, 2.45) is 0 Å². The Balaban J connectivity index is 1.02. The van der Waals surface area contributed by atoms with Crippen LogP contribution in [0.15, 0.2) is 291 Å². The van der Waals surface area contributed by atoms with E-state index in [1.807, 2.05) is 0 Å². The first kappa shape index (κ1) is 48.4. The molecule has 0 spiro atoms. The number of nitrogens with zero attached hydrogens (tertiary/aromatic N) is 8. The minimum absolute atomic E-state index is 0.668. The van der Waals surface area contributed by atoms with Crippen molar-refractivity contribution >= 4 is 133 Å². The fourth-order valence-corrected chi connectivity index (χ4v) is 13.4. The maximum Gasteiger partial charge on any atom is 0.133 e. The lowest BCUT2D eigenvalue weighted by atomic mass is 10.0. The van der Waals surface area contributed by atoms with Gasteiger partial charge in [0.2, 0.25) is 0 Å². The summed E-state index contributed by atoms with van der Waals surface area (Å²) in [7, 11) is 0. The van der Waals surface area contributed by atoms with Gasteiger partial charge in [0.05, 0.1) is 45.2 Å². The monoisotopic (exact) mass is 1100 g/mol. The van der Waals surface area contributed by atoms with Crippen molar-refractivity contribution in [3.05, 3.63) is 291 Å². The molecule has 0 radical (unpaired) electrons. The highest BCUT2D eigenvalue weighted by Crippen LogP contribution is 2.52. The van der Waals surface area contributed by atoms with Crippen molar-refractivity contribution in [2.75, 3.05) is 9.80 Å². The third kappa shape index (κ3) is 7.89. The van der Waals surface area contributed by atoms with Gasteiger partial charge >= 0.3 is 0 Å². The molecule has 0 unspecified atom stereocenters. The van der Waals surface area contributed by atoms with E-state index in [0.717, 1.165) is 133 Å². The van der Waals surface area contributed by atoms with E-state index >= 15 is 0 Å². The standard InChI is InChI=1S/C76H48N8S/c1-5-23-51(24-6-1)69-70(52-25-7-2-8-26-52)78-72-71(77-69)75(81(57-39-37-49-21-13-15-27-53(49)45-57)59-41-43-67-63(47-59)61-33-17-19-35-65(61)83(67)55-29-9-3-10-30-55)73-74(80-85-79-73)76(72)82(58-40-38-50-22-14-16-28-54(50)46-58)60-42-44-68-64(48-60)62-34-18-20-36-66(62)84(68)56-31-11-4-12-32-56/h1-48H. The van der Waals surface area contributed by atoms with Gasteiger partial charge in [-0.1, -0.05) is 194 Å². The average molecular weight is 1110 g/mol. The summed E-state index contributed by atoms with van der Waals surface area (Å²) in [4.78, 5) is 16.8. The first-order valence-electron chi connectivity index (χ1n) is 28.5. The Kier molecular flexibility index (Phi) is 11.2. The van der Waals surface area contributed by atoms with Crippen molar-refractivity contribution in [3.63, 3.8) is 0 Å². The largest absolute Gasteiger partial charge is 0.309 e. The summed E-state index contributed by atoms with van der Waals surface area (Å²) < 4.78 is 15.6. The fraction of sp³-hybridized carbons (Fsp3) is 0. The van der Waals surface area contributed by atoms with Crippen molar-refractivity contribution in [1.29, 1.82) is 0 Å². The molecule has 85 heavy (non-hydrogen) atoms. The van der Waals surface area contributed by atoms with Crippen LogP contribution in [0, 0.1) is 0 Å². The van der Waals surface area contributed by atoms with Gasteiger partial charge in [-0.05, 0) is 119 Å². The summed E-state index contributed by atoms with van der Waals surface area (Å²) >= 11 is 1.21. The zero-order valence-corrected chi connectivity index (χ0v) is 46.5. The van der Waals surface area contributed by atoms with Gasteiger partial charge in [0, 0.05) is 66.8 Å². The van der Waals surface area contributed by atoms with Crippen LogP contribution in [0.25, 0.3) is 121 Å². The van der Waals surface area contributed by atoms with Crippen molar-refractivity contribution in [3.8, 4) is 33.9 Å². The number of hydrogen-bond donors (Lipinski definition) is 0. The molecule has 0 saturated heterocycles. The van der Waals surface area contributed by atoms with Crippen LogP contribution in [0.3, 0.4) is 0 Å². The molecule has 17 aromatic rings. The molecule has 9 heteroatoms. The Morgan fingerprint density at radius 2 is 0.612 bits per heavy atom. The molecule has 13 aromatic carbocycles. The van der Waals surface area contributed by atoms with Gasteiger partial charge in [-0.3, -0.25) is 0 Å². The van der Waals surface area contributed by atoms with Crippen LogP contribution in [-0.2, 0) is 0 Å². The highest BCUT2D eigenvalue weighted by Gasteiger charge is 2.32. The van der Waals surface area contributed by atoms with E-state index in [0.29, 0.717) is 22.1 Å². The van der Waals surface area contributed by atoms with Crippen LogP contribution in [0.5, 0.6) is 0 Å². The normalized spacial score (nSPS) is 11.8. The smallest absolute Gasteiger partial charge is 0.133 e. The van der Waals surface area contributed by atoms with Crippen molar-refractivity contribution < 1.29 is 0 Å². The summed E-state index contributed by atoms with van der Waals surface area (Å²) in [6.45, 7) is 0. The highest BCUT2D eigenvalue weighted by atomic mass is 32.1. The summed E-state index contributed by atoms with van der Waals surface area (Å²) in [6.07, 6.45) is 0. The fourth-order valence-electron chi connectivity index (χ4n) is 12.9. The Morgan fingerprint density at radius 3 is 1.05 bits per heavy atom. The second-order valence-electron chi connectivity index (χ2n) is 21.5. The van der Waals surface area contributed by atoms with Crippen LogP contribution in [0.1, 0.15) is 0 Å². The molecule has 0 amide bonds. The summed E-state index contributed by atoms with van der Waals surface area (Å²) in [5.74, 6) is 0. The minimum Gasteiger partial charge on any atom is -0.309 e. The Bertz CT molecular complexity index is 5110. The Hall–Kier alpha value is -11.3. The number of aromatic nitrogens is 6. The first-order chi connectivity index (χ1) is 42.2. The third-order valence-corrected chi connectivity index (χ3v) is 17.2. The van der Waals surface area contributed by atoms with E-state index in [9.17, 15) is 0 Å². The molecule has 4 heterocycles. The zero-order chi connectivity index (χ0) is 56.0. The maximum absolute atomic E-state index is 6.05. The van der Waals surface area contributed by atoms with Crippen LogP contribution >= 0.6 is 11.7 Å². The summed E-state index contributed by atoms with van der Waals surface area (Å²) in [6, 6.07) is 104. The molecule has 4 aromatic heterocycles. The van der Waals surface area contributed by atoms with Gasteiger partial charge in [-0.2, -0.15) is 8.75 Å². The van der Waals surface area contributed by atoms with Crippen molar-refractivity contribution in [2.45, 2.75) is 0 Å². The zero-order valence-electron chi connectivity index (χ0n) is 45.7. The molecule has 0 atom stereocenters. The predicted octanol–water partition coefficient (Wildman–Crippen LogP) is 20.4. The van der Waals surface area contributed by atoms with E-state index in [4.69, 9.17) is 18.7 Å². The second-order valence-corrected chi connectivity index (χ2v) is 22.1. The molecular formula is C76H48N8S. The lowest BCUT2D eigenvalue weighted by molar-refractivity contribution is 1.18. The topological polar surface area (TPSA) is 67.9 Å². The number of anilines is 6. The molecule has 8 nitrogen and oxygen atoms in total. The van der Waals surface area contributed by atoms with Crippen LogP contribution < -0.4 is 9.80 Å². The summed E-state index contributed by atoms with van der Waals surface area (Å²) in [5.41, 5.74) is 18.1. The van der Waals surface area contributed by atoms with Gasteiger partial charge in [-0.25, -0.2) is 9.97 Å². The van der Waals surface area contributed by atoms with E-state index in [-0.39, 0.29) is 0 Å². The summed E-state index contributed by atoms with van der Waals surface area (Å²) in [5, 5.41) is 9.02. The third-order valence-electron chi connectivity index (χ3n) is 16.7. The van der Waals surface area contributed by atoms with Gasteiger partial charge < -0.3 is 18.9 Å². The lowest BCUT2D eigenvalue weighted by Crippen LogP contribution is -2.16. The predicted molar refractivity (Wildman–Crippen MR) is 354 cm³/mol. The Morgan fingerprint density at radius 1 is 0.271 bits per heavy atom. The van der Waals surface area contributed by atoms with Gasteiger partial charge in [0.15, 0.2) is 0 Å². The van der Waals surface area contributed by atoms with E-state index in [2.05, 4.69) is 310 Å². The van der Waals surface area contributed by atoms with E-state index in [1.165, 1.54) is 11.7 Å². The molecule has 0 fully saturated rings. The SMILES string of the molecule is c1ccc(-c2nc3c(N(c4ccc5ccccc5c4)c4ccc5c(c4)c4ccccc4n5-c4ccccc4)c4nsnc4c(N(c4ccc5ccccc5c4)c4ccc5c(c4)c4ccccc4n5-c4ccccc4)c3nc2-c2ccccc2)cc1. The Labute approximate surface area is 493 Å². The molecule has 0 bridgehead atoms.